The summed E-state index contributed by atoms with van der Waals surface area (Å²) < 4.78 is 34.4. The van der Waals surface area contributed by atoms with Gasteiger partial charge in [-0.15, -0.1) is 0 Å². The summed E-state index contributed by atoms with van der Waals surface area (Å²) in [6, 6.07) is 4.26. The summed E-state index contributed by atoms with van der Waals surface area (Å²) in [6.45, 7) is -2.73. The van der Waals surface area contributed by atoms with Crippen LogP contribution in [0.4, 0.5) is 8.78 Å². The van der Waals surface area contributed by atoms with Gasteiger partial charge in [0.25, 0.3) is 5.91 Å². The number of halogens is 2. The summed E-state index contributed by atoms with van der Waals surface area (Å²) in [7, 11) is 1.32. The summed E-state index contributed by atoms with van der Waals surface area (Å²) in [5.74, 6) is -0.311. The second-order valence-corrected chi connectivity index (χ2v) is 4.87. The first-order chi connectivity index (χ1) is 10.1. The molecule has 1 saturated carbocycles. The second kappa shape index (κ2) is 6.71. The molecule has 1 aromatic rings. The molecule has 1 amide bonds. The van der Waals surface area contributed by atoms with Gasteiger partial charge in [0.2, 0.25) is 0 Å². The lowest BCUT2D eigenvalue weighted by atomic mass is 10.1. The van der Waals surface area contributed by atoms with Gasteiger partial charge in [0.1, 0.15) is 0 Å². The SMILES string of the molecule is COc1cccc(C(=O)NC(CN)C2CC2)c1OC(F)F. The summed E-state index contributed by atoms with van der Waals surface area (Å²) in [6.07, 6.45) is 2.03. The van der Waals surface area contributed by atoms with Crippen molar-refractivity contribution in [3.8, 4) is 11.5 Å². The molecule has 1 aromatic carbocycles. The maximum atomic E-state index is 12.5. The van der Waals surface area contributed by atoms with E-state index in [1.54, 1.807) is 6.07 Å². The maximum Gasteiger partial charge on any atom is 0.387 e. The zero-order valence-electron chi connectivity index (χ0n) is 11.6. The van der Waals surface area contributed by atoms with Gasteiger partial charge >= 0.3 is 6.61 Å². The predicted octanol–water partition coefficient (Wildman–Crippen LogP) is 1.76. The lowest BCUT2D eigenvalue weighted by Crippen LogP contribution is -2.41. The molecule has 0 spiro atoms. The Morgan fingerprint density at radius 3 is 2.71 bits per heavy atom. The average molecular weight is 300 g/mol. The molecule has 0 aromatic heterocycles. The van der Waals surface area contributed by atoms with Gasteiger partial charge in [0.15, 0.2) is 11.5 Å². The molecular formula is C14H18F2N2O3. The molecule has 1 unspecified atom stereocenters. The molecule has 0 aliphatic heterocycles. The Labute approximate surface area is 121 Å². The van der Waals surface area contributed by atoms with Crippen molar-refractivity contribution in [2.75, 3.05) is 13.7 Å². The number of rotatable bonds is 7. The van der Waals surface area contributed by atoms with Crippen molar-refractivity contribution in [1.29, 1.82) is 0 Å². The number of carbonyl (C=O) groups excluding carboxylic acids is 1. The fourth-order valence-electron chi connectivity index (χ4n) is 2.18. The van der Waals surface area contributed by atoms with Crippen molar-refractivity contribution >= 4 is 5.91 Å². The third kappa shape index (κ3) is 3.81. The minimum Gasteiger partial charge on any atom is -0.493 e. The minimum atomic E-state index is -3.04. The van der Waals surface area contributed by atoms with Gasteiger partial charge in [-0.2, -0.15) is 8.78 Å². The largest absolute Gasteiger partial charge is 0.493 e. The monoisotopic (exact) mass is 300 g/mol. The van der Waals surface area contributed by atoms with Gasteiger partial charge in [-0.1, -0.05) is 6.07 Å². The molecule has 21 heavy (non-hydrogen) atoms. The van der Waals surface area contributed by atoms with Crippen LogP contribution in [0.5, 0.6) is 11.5 Å². The Morgan fingerprint density at radius 1 is 1.48 bits per heavy atom. The van der Waals surface area contributed by atoms with Crippen LogP contribution in [0.2, 0.25) is 0 Å². The molecule has 1 aliphatic carbocycles. The van der Waals surface area contributed by atoms with Crippen molar-refractivity contribution in [2.45, 2.75) is 25.5 Å². The fourth-order valence-corrected chi connectivity index (χ4v) is 2.18. The smallest absolute Gasteiger partial charge is 0.387 e. The Hall–Kier alpha value is -1.89. The highest BCUT2D eigenvalue weighted by Gasteiger charge is 2.32. The first kappa shape index (κ1) is 15.5. The van der Waals surface area contributed by atoms with Crippen LogP contribution in [0.1, 0.15) is 23.2 Å². The van der Waals surface area contributed by atoms with E-state index in [-0.39, 0.29) is 23.1 Å². The molecule has 7 heteroatoms. The summed E-state index contributed by atoms with van der Waals surface area (Å²) >= 11 is 0. The van der Waals surface area contributed by atoms with Gasteiger partial charge in [-0.3, -0.25) is 4.79 Å². The maximum absolute atomic E-state index is 12.5. The van der Waals surface area contributed by atoms with Crippen molar-refractivity contribution in [3.63, 3.8) is 0 Å². The number of ether oxygens (including phenoxy) is 2. The number of hydrogen-bond donors (Lipinski definition) is 2. The van der Waals surface area contributed by atoms with Crippen LogP contribution in [0.3, 0.4) is 0 Å². The molecule has 5 nitrogen and oxygen atoms in total. The molecule has 0 bridgehead atoms. The first-order valence-corrected chi connectivity index (χ1v) is 6.69. The Balaban J connectivity index is 2.22. The van der Waals surface area contributed by atoms with E-state index in [1.165, 1.54) is 19.2 Å². The lowest BCUT2D eigenvalue weighted by Gasteiger charge is -2.18. The van der Waals surface area contributed by atoms with Crippen LogP contribution >= 0.6 is 0 Å². The first-order valence-electron chi connectivity index (χ1n) is 6.69. The molecule has 3 N–H and O–H groups in total. The third-order valence-corrected chi connectivity index (χ3v) is 3.41. The summed E-state index contributed by atoms with van der Waals surface area (Å²) in [4.78, 5) is 12.3. The van der Waals surface area contributed by atoms with E-state index in [2.05, 4.69) is 10.1 Å². The lowest BCUT2D eigenvalue weighted by molar-refractivity contribution is -0.0515. The zero-order valence-corrected chi connectivity index (χ0v) is 11.6. The van der Waals surface area contributed by atoms with E-state index in [4.69, 9.17) is 10.5 Å². The van der Waals surface area contributed by atoms with Crippen LogP contribution in [-0.4, -0.2) is 32.2 Å². The second-order valence-electron chi connectivity index (χ2n) is 4.87. The quantitative estimate of drug-likeness (QED) is 0.805. The molecule has 1 atom stereocenters. The van der Waals surface area contributed by atoms with Gasteiger partial charge in [0.05, 0.1) is 12.7 Å². The molecule has 116 valence electrons. The van der Waals surface area contributed by atoms with Crippen LogP contribution in [-0.2, 0) is 0 Å². The number of methoxy groups -OCH3 is 1. The molecule has 1 fully saturated rings. The number of hydrogen-bond acceptors (Lipinski definition) is 4. The Bertz CT molecular complexity index is 507. The Morgan fingerprint density at radius 2 is 2.19 bits per heavy atom. The van der Waals surface area contributed by atoms with Crippen molar-refractivity contribution in [2.24, 2.45) is 11.7 Å². The van der Waals surface area contributed by atoms with Crippen molar-refractivity contribution in [3.05, 3.63) is 23.8 Å². The minimum absolute atomic E-state index is 0.00810. The van der Waals surface area contributed by atoms with Crippen LogP contribution in [0, 0.1) is 5.92 Å². The van der Waals surface area contributed by atoms with Crippen LogP contribution in [0.25, 0.3) is 0 Å². The molecular weight excluding hydrogens is 282 g/mol. The van der Waals surface area contributed by atoms with E-state index in [0.717, 1.165) is 12.8 Å². The van der Waals surface area contributed by atoms with E-state index in [9.17, 15) is 13.6 Å². The van der Waals surface area contributed by atoms with Gasteiger partial charge in [0, 0.05) is 12.6 Å². The zero-order chi connectivity index (χ0) is 15.4. The molecule has 1 aliphatic rings. The number of carbonyl (C=O) groups is 1. The van der Waals surface area contributed by atoms with Crippen LogP contribution in [0.15, 0.2) is 18.2 Å². The number of nitrogens with two attached hydrogens (primary N) is 1. The standard InChI is InChI=1S/C14H18F2N2O3/c1-20-11-4-2-3-9(12(11)21-14(15)16)13(19)18-10(7-17)8-5-6-8/h2-4,8,10,14H,5-7,17H2,1H3,(H,18,19). The van der Waals surface area contributed by atoms with Crippen molar-refractivity contribution in [1.82, 2.24) is 5.32 Å². The van der Waals surface area contributed by atoms with Gasteiger partial charge in [-0.25, -0.2) is 0 Å². The number of para-hydroxylation sites is 1. The molecule has 0 radical (unpaired) electrons. The van der Waals surface area contributed by atoms with E-state index < -0.39 is 12.5 Å². The normalized spacial score (nSPS) is 15.7. The number of benzene rings is 1. The molecule has 2 rings (SSSR count). The topological polar surface area (TPSA) is 73.6 Å². The highest BCUT2D eigenvalue weighted by molar-refractivity contribution is 5.98. The fraction of sp³-hybridized carbons (Fsp3) is 0.500. The molecule has 0 heterocycles. The molecule has 0 saturated heterocycles. The van der Waals surface area contributed by atoms with E-state index in [1.807, 2.05) is 0 Å². The average Bonchev–Trinajstić information content (AvgIpc) is 3.28. The highest BCUT2D eigenvalue weighted by atomic mass is 19.3. The van der Waals surface area contributed by atoms with E-state index in [0.29, 0.717) is 12.5 Å². The van der Waals surface area contributed by atoms with Crippen LogP contribution < -0.4 is 20.5 Å². The highest BCUT2D eigenvalue weighted by Crippen LogP contribution is 2.34. The van der Waals surface area contributed by atoms with Gasteiger partial charge < -0.3 is 20.5 Å². The summed E-state index contributed by atoms with van der Waals surface area (Å²) in [5, 5.41) is 2.77. The van der Waals surface area contributed by atoms with Gasteiger partial charge in [-0.05, 0) is 30.9 Å². The predicted molar refractivity (Wildman–Crippen MR) is 72.7 cm³/mol. The van der Waals surface area contributed by atoms with E-state index >= 15 is 0 Å². The summed E-state index contributed by atoms with van der Waals surface area (Å²) in [5.41, 5.74) is 5.63. The number of nitrogens with one attached hydrogen (secondary N) is 1. The third-order valence-electron chi connectivity index (χ3n) is 3.41. The Kier molecular flexibility index (Phi) is 4.95. The number of alkyl halides is 2. The van der Waals surface area contributed by atoms with Crippen molar-refractivity contribution < 1.29 is 23.0 Å². The number of amides is 1.